The van der Waals surface area contributed by atoms with E-state index in [0.717, 1.165) is 23.4 Å². The van der Waals surface area contributed by atoms with E-state index >= 15 is 0 Å². The highest BCUT2D eigenvalue weighted by Gasteiger charge is 2.23. The second kappa shape index (κ2) is 7.88. The zero-order chi connectivity index (χ0) is 17.8. The third-order valence-electron chi connectivity index (χ3n) is 3.77. The molecule has 132 valence electrons. The SMILES string of the molecule is CCCSc1nnc2c(n1)OC(C=Cc1cccs1)Nc1ccccc1-2. The standard InChI is InChI=1S/C19H18N4OS2/c1-2-11-26-19-21-18-17(22-23-19)14-7-3-4-8-15(14)20-16(24-18)10-9-13-6-5-12-25-13/h3-10,12,16,20H,2,11H2,1H3. The molecule has 1 atom stereocenters. The Labute approximate surface area is 160 Å². The summed E-state index contributed by atoms with van der Waals surface area (Å²) in [6.45, 7) is 2.13. The summed E-state index contributed by atoms with van der Waals surface area (Å²) < 4.78 is 6.14. The maximum absolute atomic E-state index is 6.14. The van der Waals surface area contributed by atoms with E-state index in [1.165, 1.54) is 4.88 Å². The smallest absolute Gasteiger partial charge is 0.247 e. The van der Waals surface area contributed by atoms with Crippen LogP contribution in [0.2, 0.25) is 0 Å². The topological polar surface area (TPSA) is 59.9 Å². The van der Waals surface area contributed by atoms with Gasteiger partial charge in [-0.3, -0.25) is 0 Å². The van der Waals surface area contributed by atoms with Crippen molar-refractivity contribution in [2.45, 2.75) is 24.7 Å². The van der Waals surface area contributed by atoms with Crippen molar-refractivity contribution >= 4 is 34.9 Å². The highest BCUT2D eigenvalue weighted by atomic mass is 32.2. The third kappa shape index (κ3) is 3.73. The fraction of sp³-hybridized carbons (Fsp3) is 0.211. The van der Waals surface area contributed by atoms with Crippen LogP contribution in [0.25, 0.3) is 17.3 Å². The number of aromatic nitrogens is 3. The molecule has 1 aliphatic rings. The van der Waals surface area contributed by atoms with E-state index in [4.69, 9.17) is 4.74 Å². The van der Waals surface area contributed by atoms with Gasteiger partial charge >= 0.3 is 0 Å². The molecule has 7 heteroatoms. The molecular formula is C19H18N4OS2. The van der Waals surface area contributed by atoms with Crippen LogP contribution in [-0.4, -0.2) is 27.2 Å². The number of hydrogen-bond acceptors (Lipinski definition) is 7. The molecule has 26 heavy (non-hydrogen) atoms. The largest absolute Gasteiger partial charge is 0.448 e. The molecule has 0 saturated heterocycles. The average Bonchev–Trinajstić information content (AvgIpc) is 3.13. The van der Waals surface area contributed by atoms with Gasteiger partial charge in [0.2, 0.25) is 11.0 Å². The first-order valence-electron chi connectivity index (χ1n) is 8.45. The van der Waals surface area contributed by atoms with Crippen molar-refractivity contribution in [1.82, 2.24) is 15.2 Å². The molecule has 4 rings (SSSR count). The maximum atomic E-state index is 6.14. The van der Waals surface area contributed by atoms with Crippen LogP contribution >= 0.6 is 23.1 Å². The molecule has 0 aliphatic carbocycles. The molecule has 5 nitrogen and oxygen atoms in total. The van der Waals surface area contributed by atoms with Crippen LogP contribution in [0.3, 0.4) is 0 Å². The summed E-state index contributed by atoms with van der Waals surface area (Å²) in [6, 6.07) is 12.1. The Hall–Kier alpha value is -2.38. The second-order valence-corrected chi connectivity index (χ2v) is 7.74. The molecule has 0 radical (unpaired) electrons. The first-order chi connectivity index (χ1) is 12.8. The van der Waals surface area contributed by atoms with Crippen LogP contribution in [0.1, 0.15) is 18.2 Å². The van der Waals surface area contributed by atoms with Gasteiger partial charge in [0.1, 0.15) is 0 Å². The number of fused-ring (bicyclic) bond motifs is 3. The van der Waals surface area contributed by atoms with Crippen LogP contribution in [0.5, 0.6) is 5.88 Å². The highest BCUT2D eigenvalue weighted by Crippen LogP contribution is 2.36. The van der Waals surface area contributed by atoms with Crippen molar-refractivity contribution in [3.05, 3.63) is 52.7 Å². The van der Waals surface area contributed by atoms with Crippen molar-refractivity contribution in [1.29, 1.82) is 0 Å². The summed E-state index contributed by atoms with van der Waals surface area (Å²) in [6.07, 6.45) is 4.78. The number of nitrogens with zero attached hydrogens (tertiary/aromatic N) is 3. The molecule has 0 spiro atoms. The van der Waals surface area contributed by atoms with Gasteiger partial charge in [0.05, 0.1) is 0 Å². The van der Waals surface area contributed by atoms with Crippen molar-refractivity contribution < 1.29 is 4.74 Å². The molecule has 2 aromatic heterocycles. The van der Waals surface area contributed by atoms with Gasteiger partial charge in [0.15, 0.2) is 11.9 Å². The molecule has 3 aromatic rings. The van der Waals surface area contributed by atoms with Gasteiger partial charge in [-0.15, -0.1) is 21.5 Å². The molecule has 1 unspecified atom stereocenters. The number of benzene rings is 1. The minimum absolute atomic E-state index is 0.333. The Bertz CT molecular complexity index is 912. The quantitative estimate of drug-likeness (QED) is 0.630. The molecule has 0 saturated carbocycles. The summed E-state index contributed by atoms with van der Waals surface area (Å²) in [5, 5.41) is 14.8. The van der Waals surface area contributed by atoms with Gasteiger partial charge in [-0.2, -0.15) is 4.98 Å². The number of hydrogen-bond donors (Lipinski definition) is 1. The van der Waals surface area contributed by atoms with E-state index in [-0.39, 0.29) is 6.23 Å². The van der Waals surface area contributed by atoms with Crippen LogP contribution in [0.4, 0.5) is 5.69 Å². The fourth-order valence-electron chi connectivity index (χ4n) is 2.58. The molecule has 3 heterocycles. The first kappa shape index (κ1) is 17.1. The molecular weight excluding hydrogens is 364 g/mol. The molecule has 0 amide bonds. The molecule has 0 bridgehead atoms. The summed E-state index contributed by atoms with van der Waals surface area (Å²) in [5.41, 5.74) is 2.57. The van der Waals surface area contributed by atoms with E-state index in [9.17, 15) is 0 Å². The van der Waals surface area contributed by atoms with Crippen LogP contribution < -0.4 is 10.1 Å². The number of para-hydroxylation sites is 1. The second-order valence-electron chi connectivity index (χ2n) is 5.70. The predicted molar refractivity (Wildman–Crippen MR) is 108 cm³/mol. The van der Waals surface area contributed by atoms with Crippen molar-refractivity contribution in [3.8, 4) is 17.1 Å². The average molecular weight is 383 g/mol. The zero-order valence-corrected chi connectivity index (χ0v) is 15.9. The Morgan fingerprint density at radius 1 is 1.23 bits per heavy atom. The predicted octanol–water partition coefficient (Wildman–Crippen LogP) is 4.95. The Balaban J connectivity index is 1.70. The third-order valence-corrected chi connectivity index (χ3v) is 5.65. The van der Waals surface area contributed by atoms with Gasteiger partial charge < -0.3 is 10.1 Å². The van der Waals surface area contributed by atoms with Crippen LogP contribution in [0, 0.1) is 0 Å². The van der Waals surface area contributed by atoms with Crippen LogP contribution in [0.15, 0.2) is 53.0 Å². The minimum Gasteiger partial charge on any atom is -0.448 e. The lowest BCUT2D eigenvalue weighted by Crippen LogP contribution is -2.23. The number of anilines is 1. The zero-order valence-electron chi connectivity index (χ0n) is 14.3. The van der Waals surface area contributed by atoms with Gasteiger partial charge in [0, 0.05) is 21.9 Å². The van der Waals surface area contributed by atoms with Gasteiger partial charge in [0.25, 0.3) is 0 Å². The lowest BCUT2D eigenvalue weighted by atomic mass is 10.1. The molecule has 1 N–H and O–H groups in total. The Morgan fingerprint density at radius 2 is 2.15 bits per heavy atom. The Morgan fingerprint density at radius 3 is 3.00 bits per heavy atom. The number of nitrogens with one attached hydrogen (secondary N) is 1. The summed E-state index contributed by atoms with van der Waals surface area (Å²) in [5.74, 6) is 1.47. The van der Waals surface area contributed by atoms with Gasteiger partial charge in [-0.05, 0) is 36.1 Å². The summed E-state index contributed by atoms with van der Waals surface area (Å²) >= 11 is 3.28. The number of rotatable bonds is 5. The number of thiophene rings is 1. The van der Waals surface area contributed by atoms with E-state index < -0.39 is 0 Å². The number of thioether (sulfide) groups is 1. The van der Waals surface area contributed by atoms with Crippen molar-refractivity contribution in [2.24, 2.45) is 0 Å². The van der Waals surface area contributed by atoms with Crippen LogP contribution in [-0.2, 0) is 0 Å². The van der Waals surface area contributed by atoms with Crippen molar-refractivity contribution in [2.75, 3.05) is 11.1 Å². The van der Waals surface area contributed by atoms with E-state index in [1.54, 1.807) is 23.1 Å². The van der Waals surface area contributed by atoms with Crippen molar-refractivity contribution in [3.63, 3.8) is 0 Å². The minimum atomic E-state index is -0.333. The molecule has 1 aromatic carbocycles. The fourth-order valence-corrected chi connectivity index (χ4v) is 3.84. The highest BCUT2D eigenvalue weighted by molar-refractivity contribution is 7.99. The summed E-state index contributed by atoms with van der Waals surface area (Å²) in [7, 11) is 0. The Kier molecular flexibility index (Phi) is 5.17. The van der Waals surface area contributed by atoms with Gasteiger partial charge in [-0.1, -0.05) is 43.0 Å². The normalized spacial score (nSPS) is 15.7. The maximum Gasteiger partial charge on any atom is 0.247 e. The first-order valence-corrected chi connectivity index (χ1v) is 10.3. The van der Waals surface area contributed by atoms with E-state index in [2.05, 4.69) is 44.9 Å². The van der Waals surface area contributed by atoms with Gasteiger partial charge in [-0.25, -0.2) is 0 Å². The molecule has 0 fully saturated rings. The van der Waals surface area contributed by atoms with E-state index in [0.29, 0.717) is 16.7 Å². The lowest BCUT2D eigenvalue weighted by Gasteiger charge is -2.15. The van der Waals surface area contributed by atoms with E-state index in [1.807, 2.05) is 36.4 Å². The molecule has 1 aliphatic heterocycles. The lowest BCUT2D eigenvalue weighted by molar-refractivity contribution is 0.266. The summed E-state index contributed by atoms with van der Waals surface area (Å²) in [4.78, 5) is 5.77. The monoisotopic (exact) mass is 382 g/mol. The number of ether oxygens (including phenoxy) is 1.